The van der Waals surface area contributed by atoms with Crippen LogP contribution in [0.3, 0.4) is 0 Å². The Morgan fingerprint density at radius 2 is 2.00 bits per heavy atom. The molecule has 3 fully saturated rings. The quantitative estimate of drug-likeness (QED) is 0.735. The van der Waals surface area contributed by atoms with Crippen molar-refractivity contribution < 1.29 is 9.47 Å². The molecule has 2 aliphatic heterocycles. The minimum atomic E-state index is -0.296. The molecule has 3 heteroatoms. The van der Waals surface area contributed by atoms with Crippen molar-refractivity contribution in [3.05, 3.63) is 34.9 Å². The Labute approximate surface area is 139 Å². The molecule has 2 bridgehead atoms. The van der Waals surface area contributed by atoms with Gasteiger partial charge in [0.15, 0.2) is 5.79 Å². The van der Waals surface area contributed by atoms with Crippen molar-refractivity contribution in [1.82, 2.24) is 4.90 Å². The third kappa shape index (κ3) is 1.93. The van der Waals surface area contributed by atoms with Crippen LogP contribution in [-0.2, 0) is 21.3 Å². The standard InChI is InChI=1S/C20H27NO2/c1-14-3-4-15-12-18-16-5-6-20(22-9-10-23-20)13-19(16,17(15)11-14)7-8-21(18)2/h3-4,11,16,18H,5-10,12-13H2,1-2H3/t16-,18+,19-/m0/s1. The van der Waals surface area contributed by atoms with Crippen molar-refractivity contribution in [2.75, 3.05) is 26.8 Å². The van der Waals surface area contributed by atoms with Crippen LogP contribution in [0.1, 0.15) is 42.4 Å². The van der Waals surface area contributed by atoms with Gasteiger partial charge in [0.1, 0.15) is 0 Å². The molecule has 1 aromatic rings. The molecule has 2 saturated heterocycles. The third-order valence-electron chi connectivity index (χ3n) is 7.12. The summed E-state index contributed by atoms with van der Waals surface area (Å²) in [7, 11) is 2.32. The Morgan fingerprint density at radius 1 is 1.17 bits per heavy atom. The first-order valence-corrected chi connectivity index (χ1v) is 9.20. The summed E-state index contributed by atoms with van der Waals surface area (Å²) in [5, 5.41) is 0. The second kappa shape index (κ2) is 4.81. The minimum Gasteiger partial charge on any atom is -0.348 e. The molecule has 23 heavy (non-hydrogen) atoms. The number of aryl methyl sites for hydroxylation is 1. The van der Waals surface area contributed by atoms with Gasteiger partial charge in [-0.2, -0.15) is 0 Å². The van der Waals surface area contributed by atoms with Crippen molar-refractivity contribution in [2.24, 2.45) is 5.92 Å². The van der Waals surface area contributed by atoms with Crippen LogP contribution in [0.5, 0.6) is 0 Å². The number of piperidine rings is 1. The van der Waals surface area contributed by atoms with Crippen LogP contribution >= 0.6 is 0 Å². The Bertz CT molecular complexity index is 637. The van der Waals surface area contributed by atoms with E-state index >= 15 is 0 Å². The van der Waals surface area contributed by atoms with Crippen LogP contribution in [0.15, 0.2) is 18.2 Å². The predicted octanol–water partition coefficient (Wildman–Crippen LogP) is 3.04. The highest BCUT2D eigenvalue weighted by Crippen LogP contribution is 2.59. The first-order chi connectivity index (χ1) is 11.1. The summed E-state index contributed by atoms with van der Waals surface area (Å²) < 4.78 is 12.3. The van der Waals surface area contributed by atoms with E-state index in [9.17, 15) is 0 Å². The van der Waals surface area contributed by atoms with Gasteiger partial charge in [-0.3, -0.25) is 0 Å². The highest BCUT2D eigenvalue weighted by Gasteiger charge is 2.59. The number of likely N-dealkylation sites (tertiary alicyclic amines) is 1. The van der Waals surface area contributed by atoms with E-state index in [-0.39, 0.29) is 11.2 Å². The molecule has 2 heterocycles. The van der Waals surface area contributed by atoms with Crippen molar-refractivity contribution >= 4 is 0 Å². The predicted molar refractivity (Wildman–Crippen MR) is 89.6 cm³/mol. The fourth-order valence-electron chi connectivity index (χ4n) is 6.06. The molecule has 0 amide bonds. The molecule has 0 N–H and O–H groups in total. The lowest BCUT2D eigenvalue weighted by Crippen LogP contribution is -2.63. The highest BCUT2D eigenvalue weighted by atomic mass is 16.7. The number of hydrogen-bond donors (Lipinski definition) is 0. The molecule has 124 valence electrons. The molecule has 0 unspecified atom stereocenters. The lowest BCUT2D eigenvalue weighted by Gasteiger charge is -2.61. The van der Waals surface area contributed by atoms with Gasteiger partial charge in [0.2, 0.25) is 0 Å². The zero-order valence-corrected chi connectivity index (χ0v) is 14.3. The molecule has 0 radical (unpaired) electrons. The van der Waals surface area contributed by atoms with Crippen molar-refractivity contribution in [2.45, 2.75) is 56.3 Å². The fourth-order valence-corrected chi connectivity index (χ4v) is 6.06. The van der Waals surface area contributed by atoms with E-state index in [4.69, 9.17) is 9.47 Å². The first-order valence-electron chi connectivity index (χ1n) is 9.20. The van der Waals surface area contributed by atoms with E-state index in [1.807, 2.05) is 0 Å². The van der Waals surface area contributed by atoms with Gasteiger partial charge in [0.05, 0.1) is 13.2 Å². The molecule has 2 aliphatic carbocycles. The van der Waals surface area contributed by atoms with Crippen LogP contribution in [0.25, 0.3) is 0 Å². The van der Waals surface area contributed by atoms with Crippen molar-refractivity contribution in [3.8, 4) is 0 Å². The number of benzene rings is 1. The molecule has 0 aromatic heterocycles. The average Bonchev–Trinajstić information content (AvgIpc) is 2.99. The number of fused-ring (bicyclic) bond motifs is 1. The summed E-state index contributed by atoms with van der Waals surface area (Å²) >= 11 is 0. The maximum Gasteiger partial charge on any atom is 0.169 e. The van der Waals surface area contributed by atoms with Gasteiger partial charge in [0.25, 0.3) is 0 Å². The van der Waals surface area contributed by atoms with E-state index in [1.165, 1.54) is 31.4 Å². The maximum atomic E-state index is 6.15. The summed E-state index contributed by atoms with van der Waals surface area (Å²) in [5.74, 6) is 0.462. The number of rotatable bonds is 0. The monoisotopic (exact) mass is 313 g/mol. The zero-order valence-electron chi connectivity index (χ0n) is 14.3. The normalized spacial score (nSPS) is 38.3. The maximum absolute atomic E-state index is 6.15. The van der Waals surface area contributed by atoms with Crippen molar-refractivity contribution in [1.29, 1.82) is 0 Å². The molecule has 3 atom stereocenters. The number of ether oxygens (including phenoxy) is 2. The van der Waals surface area contributed by atoms with Crippen LogP contribution in [0.2, 0.25) is 0 Å². The van der Waals surface area contributed by atoms with Gasteiger partial charge in [-0.25, -0.2) is 0 Å². The highest BCUT2D eigenvalue weighted by molar-refractivity contribution is 5.44. The Morgan fingerprint density at radius 3 is 2.83 bits per heavy atom. The van der Waals surface area contributed by atoms with Gasteiger partial charge in [-0.15, -0.1) is 0 Å². The molecule has 4 aliphatic rings. The molecule has 1 aromatic carbocycles. The lowest BCUT2D eigenvalue weighted by atomic mass is 9.51. The molecule has 1 spiro atoms. The largest absolute Gasteiger partial charge is 0.348 e. The summed E-state index contributed by atoms with van der Waals surface area (Å²) in [5.41, 5.74) is 4.84. The van der Waals surface area contributed by atoms with Crippen LogP contribution < -0.4 is 0 Å². The summed E-state index contributed by atoms with van der Waals surface area (Å²) in [4.78, 5) is 2.61. The Balaban J connectivity index is 1.66. The summed E-state index contributed by atoms with van der Waals surface area (Å²) in [6, 6.07) is 7.83. The van der Waals surface area contributed by atoms with E-state index in [2.05, 4.69) is 37.1 Å². The minimum absolute atomic E-state index is 0.263. The topological polar surface area (TPSA) is 21.7 Å². The summed E-state index contributed by atoms with van der Waals surface area (Å²) in [6.45, 7) is 4.97. The Hall–Kier alpha value is -0.900. The number of hydrogen-bond acceptors (Lipinski definition) is 3. The smallest absolute Gasteiger partial charge is 0.169 e. The average molecular weight is 313 g/mol. The fraction of sp³-hybridized carbons (Fsp3) is 0.700. The number of likely N-dealkylation sites (N-methyl/N-ethyl adjacent to an activating group) is 1. The van der Waals surface area contributed by atoms with Gasteiger partial charge < -0.3 is 14.4 Å². The second-order valence-electron chi connectivity index (χ2n) is 8.25. The van der Waals surface area contributed by atoms with E-state index in [0.717, 1.165) is 32.0 Å². The van der Waals surface area contributed by atoms with Gasteiger partial charge in [0, 0.05) is 24.3 Å². The van der Waals surface area contributed by atoms with Gasteiger partial charge in [-0.05, 0) is 56.8 Å². The second-order valence-corrected chi connectivity index (χ2v) is 8.25. The van der Waals surface area contributed by atoms with E-state index in [0.29, 0.717) is 6.04 Å². The summed E-state index contributed by atoms with van der Waals surface area (Å²) in [6.07, 6.45) is 5.83. The van der Waals surface area contributed by atoms with E-state index in [1.54, 1.807) is 11.1 Å². The first kappa shape index (κ1) is 14.4. The van der Waals surface area contributed by atoms with Crippen LogP contribution in [0.4, 0.5) is 0 Å². The molecular weight excluding hydrogens is 286 g/mol. The van der Waals surface area contributed by atoms with Gasteiger partial charge >= 0.3 is 0 Å². The molecule has 5 rings (SSSR count). The molecule has 1 saturated carbocycles. The van der Waals surface area contributed by atoms with Crippen molar-refractivity contribution in [3.63, 3.8) is 0 Å². The SMILES string of the molecule is Cc1ccc2c(c1)[C@]13CCN(C)[C@H](C2)[C@@H]1CCC1(C3)OCCO1. The molecule has 3 nitrogen and oxygen atoms in total. The van der Waals surface area contributed by atoms with Crippen LogP contribution in [-0.4, -0.2) is 43.5 Å². The van der Waals surface area contributed by atoms with Crippen LogP contribution in [0, 0.1) is 12.8 Å². The molecular formula is C20H27NO2. The lowest BCUT2D eigenvalue weighted by molar-refractivity contribution is -0.212. The van der Waals surface area contributed by atoms with Gasteiger partial charge in [-0.1, -0.05) is 23.8 Å². The number of nitrogens with zero attached hydrogens (tertiary/aromatic N) is 1. The zero-order chi connectivity index (χ0) is 15.7. The third-order valence-corrected chi connectivity index (χ3v) is 7.12. The van der Waals surface area contributed by atoms with E-state index < -0.39 is 0 Å². The Kier molecular flexibility index (Phi) is 3.02.